The van der Waals surface area contributed by atoms with Gasteiger partial charge in [0.2, 0.25) is 0 Å². The zero-order valence-electron chi connectivity index (χ0n) is 13.9. The number of hydrazine groups is 1. The maximum atomic E-state index is 11.4. The Hall–Kier alpha value is -2.28. The molecule has 6 nitrogen and oxygen atoms in total. The van der Waals surface area contributed by atoms with E-state index < -0.39 is 0 Å². The molecule has 7 heteroatoms. The van der Waals surface area contributed by atoms with Crippen molar-refractivity contribution in [2.75, 3.05) is 20.8 Å². The number of ether oxygens (including phenoxy) is 2. The molecule has 0 fully saturated rings. The van der Waals surface area contributed by atoms with Gasteiger partial charge in [0.1, 0.15) is 0 Å². The molecule has 23 heavy (non-hydrogen) atoms. The fraction of sp³-hybridized carbons (Fsp3) is 0.375. The van der Waals surface area contributed by atoms with Crippen LogP contribution in [0.1, 0.15) is 19.4 Å². The van der Waals surface area contributed by atoms with Crippen LogP contribution in [0.2, 0.25) is 0 Å². The molecule has 3 N–H and O–H groups in total. The number of benzene rings is 1. The van der Waals surface area contributed by atoms with Crippen LogP contribution in [-0.4, -0.2) is 31.8 Å². The number of nitrogens with one attached hydrogen (secondary N) is 3. The molecule has 126 valence electrons. The second-order valence-electron chi connectivity index (χ2n) is 5.03. The minimum Gasteiger partial charge on any atom is -0.493 e. The summed E-state index contributed by atoms with van der Waals surface area (Å²) in [5.74, 6) is 1.15. The molecule has 0 radical (unpaired) electrons. The minimum absolute atomic E-state index is 0.242. The number of hydrogen-bond donors (Lipinski definition) is 3. The van der Waals surface area contributed by atoms with Crippen LogP contribution in [0.3, 0.4) is 0 Å². The lowest BCUT2D eigenvalue weighted by Gasteiger charge is -2.12. The van der Waals surface area contributed by atoms with Crippen LogP contribution >= 0.6 is 12.2 Å². The summed E-state index contributed by atoms with van der Waals surface area (Å²) in [5, 5.41) is 3.38. The highest BCUT2D eigenvalue weighted by Gasteiger charge is 2.05. The average Bonchev–Trinajstić information content (AvgIpc) is 2.52. The molecule has 0 saturated heterocycles. The van der Waals surface area contributed by atoms with E-state index in [0.717, 1.165) is 17.6 Å². The van der Waals surface area contributed by atoms with Gasteiger partial charge in [-0.1, -0.05) is 11.6 Å². The summed E-state index contributed by atoms with van der Waals surface area (Å²) < 4.78 is 10.5. The third kappa shape index (κ3) is 7.01. The summed E-state index contributed by atoms with van der Waals surface area (Å²) in [6.45, 7) is 4.32. The largest absolute Gasteiger partial charge is 0.493 e. The van der Waals surface area contributed by atoms with Gasteiger partial charge in [-0.15, -0.1) is 0 Å². The van der Waals surface area contributed by atoms with Crippen molar-refractivity contribution in [1.82, 2.24) is 16.2 Å². The Kier molecular flexibility index (Phi) is 7.90. The van der Waals surface area contributed by atoms with Gasteiger partial charge in [0, 0.05) is 12.6 Å². The molecule has 0 aromatic heterocycles. The first kappa shape index (κ1) is 18.8. The van der Waals surface area contributed by atoms with E-state index in [1.807, 2.05) is 32.0 Å². The number of hydrogen-bond acceptors (Lipinski definition) is 4. The lowest BCUT2D eigenvalue weighted by Crippen LogP contribution is -2.46. The maximum Gasteiger partial charge on any atom is 0.262 e. The number of amides is 1. The van der Waals surface area contributed by atoms with Crippen LogP contribution in [0.25, 0.3) is 0 Å². The summed E-state index contributed by atoms with van der Waals surface area (Å²) >= 11 is 5.09. The lowest BCUT2D eigenvalue weighted by molar-refractivity contribution is -0.117. The van der Waals surface area contributed by atoms with Gasteiger partial charge in [-0.3, -0.25) is 15.6 Å². The predicted octanol–water partition coefficient (Wildman–Crippen LogP) is 1.71. The molecule has 0 aliphatic heterocycles. The molecule has 1 amide bonds. The fourth-order valence-corrected chi connectivity index (χ4v) is 1.97. The van der Waals surface area contributed by atoms with Crippen molar-refractivity contribution in [3.8, 4) is 11.5 Å². The topological polar surface area (TPSA) is 71.6 Å². The summed E-state index contributed by atoms with van der Waals surface area (Å²) in [6, 6.07) is 5.76. The second kappa shape index (κ2) is 9.68. The lowest BCUT2D eigenvalue weighted by atomic mass is 10.1. The second-order valence-corrected chi connectivity index (χ2v) is 5.44. The van der Waals surface area contributed by atoms with E-state index in [1.54, 1.807) is 14.2 Å². The molecule has 1 aromatic carbocycles. The predicted molar refractivity (Wildman–Crippen MR) is 94.6 cm³/mol. The van der Waals surface area contributed by atoms with Gasteiger partial charge in [0.25, 0.3) is 5.91 Å². The summed E-state index contributed by atoms with van der Waals surface area (Å²) in [6.07, 6.45) is 2.24. The molecule has 0 spiro atoms. The van der Waals surface area contributed by atoms with E-state index in [2.05, 4.69) is 16.2 Å². The molecular weight excluding hydrogens is 314 g/mol. The molecule has 0 atom stereocenters. The van der Waals surface area contributed by atoms with Crippen molar-refractivity contribution >= 4 is 23.2 Å². The third-order valence-corrected chi connectivity index (χ3v) is 3.11. The normalized spacial score (nSPS) is 9.57. The van der Waals surface area contributed by atoms with Gasteiger partial charge in [0.05, 0.1) is 14.2 Å². The molecule has 0 aliphatic rings. The van der Waals surface area contributed by atoms with Gasteiger partial charge < -0.3 is 14.8 Å². The Labute approximate surface area is 142 Å². The highest BCUT2D eigenvalue weighted by Crippen LogP contribution is 2.27. The van der Waals surface area contributed by atoms with E-state index >= 15 is 0 Å². The van der Waals surface area contributed by atoms with Crippen LogP contribution in [-0.2, 0) is 11.2 Å². The third-order valence-electron chi connectivity index (χ3n) is 2.87. The first-order valence-corrected chi connectivity index (χ1v) is 7.56. The Balaban J connectivity index is 2.38. The standard InChI is InChI=1S/C16H23N3O3S/c1-11(2)9-15(20)18-19-16(23)17-8-7-12-5-6-13(21-3)14(10-12)22-4/h5-6,9-10H,7-8H2,1-4H3,(H,18,20)(H2,17,19,23). The van der Waals surface area contributed by atoms with Gasteiger partial charge in [-0.25, -0.2) is 0 Å². The van der Waals surface area contributed by atoms with E-state index in [4.69, 9.17) is 21.7 Å². The molecular formula is C16H23N3O3S. The van der Waals surface area contributed by atoms with E-state index in [1.165, 1.54) is 6.08 Å². The zero-order chi connectivity index (χ0) is 17.2. The summed E-state index contributed by atoms with van der Waals surface area (Å²) in [4.78, 5) is 11.4. The number of carbonyl (C=O) groups excluding carboxylic acids is 1. The summed E-state index contributed by atoms with van der Waals surface area (Å²) in [5.41, 5.74) is 7.14. The van der Waals surface area contributed by atoms with E-state index in [0.29, 0.717) is 23.2 Å². The number of rotatable bonds is 6. The van der Waals surface area contributed by atoms with Crippen LogP contribution in [0.4, 0.5) is 0 Å². The molecule has 0 unspecified atom stereocenters. The Bertz CT molecular complexity index is 584. The Morgan fingerprint density at radius 2 is 1.87 bits per heavy atom. The number of methoxy groups -OCH3 is 2. The molecule has 0 bridgehead atoms. The van der Waals surface area contributed by atoms with Gasteiger partial charge in [0.15, 0.2) is 16.6 Å². The van der Waals surface area contributed by atoms with Crippen molar-refractivity contribution in [1.29, 1.82) is 0 Å². The highest BCUT2D eigenvalue weighted by atomic mass is 32.1. The molecule has 1 aromatic rings. The van der Waals surface area contributed by atoms with Crippen molar-refractivity contribution in [2.45, 2.75) is 20.3 Å². The van der Waals surface area contributed by atoms with Crippen LogP contribution in [0.15, 0.2) is 29.8 Å². The van der Waals surface area contributed by atoms with Crippen molar-refractivity contribution in [2.24, 2.45) is 0 Å². The highest BCUT2D eigenvalue weighted by molar-refractivity contribution is 7.80. The molecule has 0 saturated carbocycles. The molecule has 0 heterocycles. The first-order valence-electron chi connectivity index (χ1n) is 7.16. The van der Waals surface area contributed by atoms with E-state index in [9.17, 15) is 4.79 Å². The molecule has 0 aliphatic carbocycles. The number of thiocarbonyl (C=S) groups is 1. The van der Waals surface area contributed by atoms with Crippen molar-refractivity contribution in [3.05, 3.63) is 35.4 Å². The van der Waals surface area contributed by atoms with Gasteiger partial charge >= 0.3 is 0 Å². The van der Waals surface area contributed by atoms with Crippen LogP contribution < -0.4 is 25.6 Å². The van der Waals surface area contributed by atoms with E-state index in [-0.39, 0.29) is 5.91 Å². The van der Waals surface area contributed by atoms with Crippen LogP contribution in [0.5, 0.6) is 11.5 Å². The minimum atomic E-state index is -0.242. The number of allylic oxidation sites excluding steroid dienone is 1. The fourth-order valence-electron chi connectivity index (χ4n) is 1.82. The monoisotopic (exact) mass is 337 g/mol. The smallest absolute Gasteiger partial charge is 0.262 e. The quantitative estimate of drug-likeness (QED) is 0.417. The zero-order valence-corrected chi connectivity index (χ0v) is 14.7. The Morgan fingerprint density at radius 3 is 2.48 bits per heavy atom. The van der Waals surface area contributed by atoms with Crippen LogP contribution in [0, 0.1) is 0 Å². The summed E-state index contributed by atoms with van der Waals surface area (Å²) in [7, 11) is 3.21. The molecule has 1 rings (SSSR count). The van der Waals surface area contributed by atoms with Crippen molar-refractivity contribution in [3.63, 3.8) is 0 Å². The first-order chi connectivity index (χ1) is 11.0. The maximum absolute atomic E-state index is 11.4. The van der Waals surface area contributed by atoms with Gasteiger partial charge in [-0.2, -0.15) is 0 Å². The SMILES string of the molecule is COc1ccc(CCNC(=S)NNC(=O)C=C(C)C)cc1OC. The number of carbonyl (C=O) groups is 1. The van der Waals surface area contributed by atoms with Crippen molar-refractivity contribution < 1.29 is 14.3 Å². The van der Waals surface area contributed by atoms with Gasteiger partial charge in [-0.05, 0) is 50.2 Å². The Morgan fingerprint density at radius 1 is 1.17 bits per heavy atom. The average molecular weight is 337 g/mol.